The van der Waals surface area contributed by atoms with E-state index in [4.69, 9.17) is 0 Å². The minimum atomic E-state index is -0.191. The van der Waals surface area contributed by atoms with Gasteiger partial charge in [0.05, 0.1) is 11.1 Å². The summed E-state index contributed by atoms with van der Waals surface area (Å²) in [4.78, 5) is 30.2. The normalized spacial score (nSPS) is 13.2. The van der Waals surface area contributed by atoms with Crippen LogP contribution in [0, 0.1) is 6.92 Å². The molecular formula is C22H27IN4O2. The molecule has 29 heavy (non-hydrogen) atoms. The number of halogens is 1. The topological polar surface area (TPSA) is 73.8 Å². The second-order valence-electron chi connectivity index (χ2n) is 6.86. The Morgan fingerprint density at radius 2 is 1.66 bits per heavy atom. The van der Waals surface area contributed by atoms with Gasteiger partial charge in [-0.1, -0.05) is 42.0 Å². The van der Waals surface area contributed by atoms with E-state index in [-0.39, 0.29) is 35.8 Å². The monoisotopic (exact) mass is 506 g/mol. The third kappa shape index (κ3) is 5.79. The van der Waals surface area contributed by atoms with E-state index >= 15 is 0 Å². The Morgan fingerprint density at radius 1 is 0.966 bits per heavy atom. The van der Waals surface area contributed by atoms with Crippen LogP contribution in [0.5, 0.6) is 0 Å². The molecular weight excluding hydrogens is 479 g/mol. The zero-order valence-electron chi connectivity index (χ0n) is 16.8. The number of hydrogen-bond donors (Lipinski definition) is 2. The number of carbonyl (C=O) groups is 2. The van der Waals surface area contributed by atoms with Gasteiger partial charge in [-0.15, -0.1) is 24.0 Å². The largest absolute Gasteiger partial charge is 0.356 e. The summed E-state index contributed by atoms with van der Waals surface area (Å²) in [5.41, 5.74) is 3.45. The lowest BCUT2D eigenvalue weighted by molar-refractivity contribution is 0.0652. The van der Waals surface area contributed by atoms with Crippen molar-refractivity contribution in [2.24, 2.45) is 4.99 Å². The van der Waals surface area contributed by atoms with Gasteiger partial charge in [-0.25, -0.2) is 0 Å². The molecule has 2 aromatic rings. The first-order valence-corrected chi connectivity index (χ1v) is 9.55. The summed E-state index contributed by atoms with van der Waals surface area (Å²) < 4.78 is 0. The lowest BCUT2D eigenvalue weighted by Crippen LogP contribution is -2.37. The lowest BCUT2D eigenvalue weighted by Gasteiger charge is -2.15. The summed E-state index contributed by atoms with van der Waals surface area (Å²) >= 11 is 0. The van der Waals surface area contributed by atoms with Gasteiger partial charge in [-0.2, -0.15) is 0 Å². The van der Waals surface area contributed by atoms with Crippen molar-refractivity contribution in [2.45, 2.75) is 26.3 Å². The van der Waals surface area contributed by atoms with Gasteiger partial charge in [0, 0.05) is 26.7 Å². The summed E-state index contributed by atoms with van der Waals surface area (Å²) in [6.07, 6.45) is 1.58. The third-order valence-electron chi connectivity index (χ3n) is 4.75. The molecule has 0 spiro atoms. The predicted octanol–water partition coefficient (Wildman–Crippen LogP) is 3.35. The van der Waals surface area contributed by atoms with Gasteiger partial charge in [0.2, 0.25) is 0 Å². The van der Waals surface area contributed by atoms with Crippen LogP contribution in [-0.2, 0) is 6.54 Å². The summed E-state index contributed by atoms with van der Waals surface area (Å²) in [6.45, 7) is 3.93. The number of unbranched alkanes of at least 4 members (excludes halogenated alkanes) is 1. The number of amides is 2. The van der Waals surface area contributed by atoms with Crippen LogP contribution in [0.25, 0.3) is 0 Å². The minimum absolute atomic E-state index is 0. The Kier molecular flexibility index (Phi) is 8.63. The molecule has 2 aromatic carbocycles. The molecule has 0 fully saturated rings. The highest BCUT2D eigenvalue weighted by Gasteiger charge is 2.34. The molecule has 0 bridgehead atoms. The lowest BCUT2D eigenvalue weighted by atomic mass is 10.1. The number of carbonyl (C=O) groups excluding carboxylic acids is 2. The van der Waals surface area contributed by atoms with E-state index in [1.54, 1.807) is 31.3 Å². The van der Waals surface area contributed by atoms with Crippen LogP contribution in [0.15, 0.2) is 53.5 Å². The average Bonchev–Trinajstić information content (AvgIpc) is 2.95. The summed E-state index contributed by atoms with van der Waals surface area (Å²) in [5.74, 6) is 0.357. The van der Waals surface area contributed by atoms with Crippen LogP contribution >= 0.6 is 24.0 Å². The molecule has 0 radical (unpaired) electrons. The molecule has 0 saturated heterocycles. The highest BCUT2D eigenvalue weighted by molar-refractivity contribution is 14.0. The Morgan fingerprint density at radius 3 is 2.28 bits per heavy atom. The van der Waals surface area contributed by atoms with E-state index in [9.17, 15) is 9.59 Å². The molecule has 1 heterocycles. The molecule has 0 saturated carbocycles. The van der Waals surface area contributed by atoms with Gasteiger partial charge in [-0.3, -0.25) is 19.5 Å². The van der Waals surface area contributed by atoms with Crippen molar-refractivity contribution in [1.29, 1.82) is 0 Å². The van der Waals surface area contributed by atoms with Crippen molar-refractivity contribution in [2.75, 3.05) is 20.1 Å². The van der Waals surface area contributed by atoms with E-state index in [0.29, 0.717) is 24.2 Å². The van der Waals surface area contributed by atoms with Crippen LogP contribution in [-0.4, -0.2) is 42.8 Å². The number of hydrogen-bond acceptors (Lipinski definition) is 3. The highest BCUT2D eigenvalue weighted by atomic mass is 127. The summed E-state index contributed by atoms with van der Waals surface area (Å²) in [5, 5.41) is 6.56. The molecule has 6 nitrogen and oxygen atoms in total. The maximum absolute atomic E-state index is 12.3. The second kappa shape index (κ2) is 10.9. The van der Waals surface area contributed by atoms with Gasteiger partial charge >= 0.3 is 0 Å². The third-order valence-corrected chi connectivity index (χ3v) is 4.75. The fourth-order valence-corrected chi connectivity index (χ4v) is 3.27. The van der Waals surface area contributed by atoms with E-state index < -0.39 is 0 Å². The smallest absolute Gasteiger partial charge is 0.261 e. The van der Waals surface area contributed by atoms with Gasteiger partial charge < -0.3 is 10.6 Å². The molecule has 154 valence electrons. The van der Waals surface area contributed by atoms with Crippen LogP contribution < -0.4 is 10.6 Å². The van der Waals surface area contributed by atoms with Crippen LogP contribution in [0.1, 0.15) is 44.7 Å². The fraction of sp³-hybridized carbons (Fsp3) is 0.318. The molecule has 1 aliphatic rings. The van der Waals surface area contributed by atoms with Crippen molar-refractivity contribution in [3.63, 3.8) is 0 Å². The van der Waals surface area contributed by atoms with Crippen molar-refractivity contribution < 1.29 is 9.59 Å². The fourth-order valence-electron chi connectivity index (χ4n) is 3.27. The first kappa shape index (κ1) is 22.9. The van der Waals surface area contributed by atoms with Crippen LogP contribution in [0.2, 0.25) is 0 Å². The molecule has 3 rings (SSSR count). The van der Waals surface area contributed by atoms with Gasteiger partial charge in [0.15, 0.2) is 5.96 Å². The van der Waals surface area contributed by atoms with E-state index in [0.717, 1.165) is 25.3 Å². The average molecular weight is 506 g/mol. The van der Waals surface area contributed by atoms with Crippen molar-refractivity contribution in [3.8, 4) is 0 Å². The van der Waals surface area contributed by atoms with Crippen molar-refractivity contribution in [3.05, 3.63) is 70.8 Å². The number of fused-ring (bicyclic) bond motifs is 1. The highest BCUT2D eigenvalue weighted by Crippen LogP contribution is 2.22. The number of rotatable bonds is 7. The van der Waals surface area contributed by atoms with Crippen LogP contribution in [0.4, 0.5) is 0 Å². The Bertz CT molecular complexity index is 863. The molecule has 0 atom stereocenters. The molecule has 2 N–H and O–H groups in total. The number of nitrogens with zero attached hydrogens (tertiary/aromatic N) is 2. The van der Waals surface area contributed by atoms with E-state index in [1.807, 2.05) is 6.07 Å². The maximum atomic E-state index is 12.3. The number of aryl methyl sites for hydroxylation is 1. The standard InChI is InChI=1S/C22H26N4O2.HI/c1-16-8-7-9-17(14-16)15-25-22(23-2)24-12-5-6-13-26-20(27)18-10-3-4-11-19(18)21(26)28;/h3-4,7-11,14H,5-6,12-13,15H2,1-2H3,(H2,23,24,25);1H. The summed E-state index contributed by atoms with van der Waals surface area (Å²) in [7, 11) is 1.74. The van der Waals surface area contributed by atoms with Crippen molar-refractivity contribution in [1.82, 2.24) is 15.5 Å². The molecule has 0 unspecified atom stereocenters. The second-order valence-corrected chi connectivity index (χ2v) is 6.86. The zero-order chi connectivity index (χ0) is 19.9. The first-order valence-electron chi connectivity index (χ1n) is 9.55. The Hall–Kier alpha value is -2.42. The Balaban J connectivity index is 0.00000300. The number of guanidine groups is 1. The van der Waals surface area contributed by atoms with Gasteiger partial charge in [-0.05, 0) is 37.5 Å². The maximum Gasteiger partial charge on any atom is 0.261 e. The van der Waals surface area contributed by atoms with Crippen LogP contribution in [0.3, 0.4) is 0 Å². The van der Waals surface area contributed by atoms with E-state index in [1.165, 1.54) is 16.0 Å². The van der Waals surface area contributed by atoms with Gasteiger partial charge in [0.1, 0.15) is 0 Å². The van der Waals surface area contributed by atoms with E-state index in [2.05, 4.69) is 40.7 Å². The first-order chi connectivity index (χ1) is 13.6. The number of benzene rings is 2. The van der Waals surface area contributed by atoms with Gasteiger partial charge in [0.25, 0.3) is 11.8 Å². The number of aliphatic imine (C=N–C) groups is 1. The predicted molar refractivity (Wildman–Crippen MR) is 126 cm³/mol. The van der Waals surface area contributed by atoms with Crippen molar-refractivity contribution >= 4 is 41.8 Å². The molecule has 1 aliphatic heterocycles. The Labute approximate surface area is 188 Å². The summed E-state index contributed by atoms with van der Waals surface area (Å²) in [6, 6.07) is 15.3. The molecule has 2 amide bonds. The SMILES string of the molecule is CN=C(NCCCCN1C(=O)c2ccccc2C1=O)NCc1cccc(C)c1.I. The molecule has 0 aliphatic carbocycles. The quantitative estimate of drug-likeness (QED) is 0.199. The zero-order valence-corrected chi connectivity index (χ0v) is 19.1. The molecule has 0 aromatic heterocycles. The minimum Gasteiger partial charge on any atom is -0.356 e. The number of nitrogens with one attached hydrogen (secondary N) is 2. The molecule has 7 heteroatoms. The number of imide groups is 1.